The number of Topliss-reactive ketones (excluding diaryl/α,β-unsaturated/α-hetero) is 1. The summed E-state index contributed by atoms with van der Waals surface area (Å²) in [6, 6.07) is 6.54. The molecule has 0 unspecified atom stereocenters. The van der Waals surface area contributed by atoms with Crippen molar-refractivity contribution in [1.82, 2.24) is 5.32 Å². The van der Waals surface area contributed by atoms with Crippen LogP contribution in [0.3, 0.4) is 0 Å². The van der Waals surface area contributed by atoms with Gasteiger partial charge in [0.1, 0.15) is 5.75 Å². The first-order chi connectivity index (χ1) is 7.49. The molecule has 0 saturated heterocycles. The average molecular weight is 221 g/mol. The van der Waals surface area contributed by atoms with Crippen molar-refractivity contribution in [3.63, 3.8) is 0 Å². The molecule has 86 valence electrons. The smallest absolute Gasteiger partial charge is 0.410 e. The number of ether oxygens (including phenoxy) is 1. The predicted molar refractivity (Wildman–Crippen MR) is 60.7 cm³/mol. The summed E-state index contributed by atoms with van der Waals surface area (Å²) in [5.41, 5.74) is 0.523. The summed E-state index contributed by atoms with van der Waals surface area (Å²) >= 11 is 0. The van der Waals surface area contributed by atoms with E-state index in [-0.39, 0.29) is 11.8 Å². The summed E-state index contributed by atoms with van der Waals surface area (Å²) in [6.07, 6.45) is -0.518. The highest BCUT2D eigenvalue weighted by atomic mass is 16.6. The Hall–Kier alpha value is -1.84. The molecule has 0 aliphatic carbocycles. The van der Waals surface area contributed by atoms with E-state index >= 15 is 0 Å². The average Bonchev–Trinajstić information content (AvgIpc) is 2.16. The minimum Gasteiger partial charge on any atom is -0.410 e. The maximum absolute atomic E-state index is 11.3. The molecule has 0 fully saturated rings. The van der Waals surface area contributed by atoms with Crippen LogP contribution in [0.2, 0.25) is 0 Å². The fraction of sp³-hybridized carbons (Fsp3) is 0.333. The summed E-state index contributed by atoms with van der Waals surface area (Å²) in [5, 5.41) is 2.59. The van der Waals surface area contributed by atoms with Gasteiger partial charge in [0.15, 0.2) is 5.78 Å². The van der Waals surface area contributed by atoms with E-state index in [4.69, 9.17) is 4.74 Å². The van der Waals surface area contributed by atoms with Gasteiger partial charge in [0.25, 0.3) is 0 Å². The van der Waals surface area contributed by atoms with Crippen molar-refractivity contribution in [2.75, 3.05) is 0 Å². The summed E-state index contributed by atoms with van der Waals surface area (Å²) < 4.78 is 5.01. The maximum Gasteiger partial charge on any atom is 0.412 e. The minimum absolute atomic E-state index is 0.0171. The van der Waals surface area contributed by atoms with Crippen LogP contribution in [0.4, 0.5) is 4.79 Å². The van der Waals surface area contributed by atoms with E-state index in [2.05, 4.69) is 5.32 Å². The number of ketones is 1. The molecule has 1 aromatic carbocycles. The van der Waals surface area contributed by atoms with E-state index in [1.165, 1.54) is 6.92 Å². The number of carbonyl (C=O) groups excluding carboxylic acids is 2. The van der Waals surface area contributed by atoms with Crippen molar-refractivity contribution < 1.29 is 14.3 Å². The molecule has 0 heterocycles. The minimum atomic E-state index is -0.518. The quantitative estimate of drug-likeness (QED) is 0.797. The van der Waals surface area contributed by atoms with Gasteiger partial charge in [-0.25, -0.2) is 4.79 Å². The second-order valence-electron chi connectivity index (χ2n) is 3.77. The number of carbonyl (C=O) groups is 2. The molecule has 0 saturated carbocycles. The van der Waals surface area contributed by atoms with Gasteiger partial charge in [-0.3, -0.25) is 4.79 Å². The van der Waals surface area contributed by atoms with Gasteiger partial charge in [0.05, 0.1) is 0 Å². The van der Waals surface area contributed by atoms with Crippen LogP contribution in [-0.2, 0) is 0 Å². The fourth-order valence-corrected chi connectivity index (χ4v) is 1.15. The molecule has 0 aliphatic rings. The SMILES string of the molecule is CC(=O)c1cccc(OC(=O)NC(C)C)c1. The van der Waals surface area contributed by atoms with Crippen LogP contribution in [0.1, 0.15) is 31.1 Å². The molecule has 4 nitrogen and oxygen atoms in total. The second kappa shape index (κ2) is 5.30. The normalized spacial score (nSPS) is 10.0. The number of hydrogen-bond donors (Lipinski definition) is 1. The molecule has 0 radical (unpaired) electrons. The molecule has 0 atom stereocenters. The first-order valence-electron chi connectivity index (χ1n) is 5.08. The molecule has 1 amide bonds. The van der Waals surface area contributed by atoms with Crippen molar-refractivity contribution in [3.05, 3.63) is 29.8 Å². The molecule has 1 N–H and O–H groups in total. The molecular weight excluding hydrogens is 206 g/mol. The zero-order valence-corrected chi connectivity index (χ0v) is 9.61. The van der Waals surface area contributed by atoms with Gasteiger partial charge in [-0.05, 0) is 32.9 Å². The van der Waals surface area contributed by atoms with E-state index < -0.39 is 6.09 Å². The summed E-state index contributed by atoms with van der Waals surface area (Å²) in [5.74, 6) is 0.306. The van der Waals surface area contributed by atoms with Gasteiger partial charge in [0.2, 0.25) is 0 Å². The lowest BCUT2D eigenvalue weighted by atomic mass is 10.1. The molecule has 0 bridgehead atoms. The van der Waals surface area contributed by atoms with Gasteiger partial charge in [0, 0.05) is 11.6 Å². The van der Waals surface area contributed by atoms with Gasteiger partial charge in [-0.1, -0.05) is 12.1 Å². The lowest BCUT2D eigenvalue weighted by molar-refractivity contribution is 0.101. The van der Waals surface area contributed by atoms with Crippen LogP contribution in [-0.4, -0.2) is 17.9 Å². The Morgan fingerprint density at radius 3 is 2.56 bits per heavy atom. The second-order valence-corrected chi connectivity index (χ2v) is 3.77. The van der Waals surface area contributed by atoms with E-state index in [0.29, 0.717) is 11.3 Å². The molecule has 0 aromatic heterocycles. The van der Waals surface area contributed by atoms with Crippen molar-refractivity contribution in [2.24, 2.45) is 0 Å². The Morgan fingerprint density at radius 2 is 2.00 bits per heavy atom. The first kappa shape index (κ1) is 12.2. The van der Waals surface area contributed by atoms with E-state index in [0.717, 1.165) is 0 Å². The highest BCUT2D eigenvalue weighted by Gasteiger charge is 2.07. The molecule has 1 aromatic rings. The Balaban J connectivity index is 2.70. The summed E-state index contributed by atoms with van der Waals surface area (Å²) in [6.45, 7) is 5.15. The first-order valence-corrected chi connectivity index (χ1v) is 5.08. The molecule has 0 spiro atoms. The molecular formula is C12H15NO3. The van der Waals surface area contributed by atoms with Crippen LogP contribution in [0.15, 0.2) is 24.3 Å². The number of amides is 1. The highest BCUT2D eigenvalue weighted by Crippen LogP contribution is 2.13. The maximum atomic E-state index is 11.3. The number of nitrogens with one attached hydrogen (secondary N) is 1. The van der Waals surface area contributed by atoms with Gasteiger partial charge >= 0.3 is 6.09 Å². The van der Waals surface area contributed by atoms with Crippen LogP contribution in [0.25, 0.3) is 0 Å². The predicted octanol–water partition coefficient (Wildman–Crippen LogP) is 2.39. The topological polar surface area (TPSA) is 55.4 Å². The summed E-state index contributed by atoms with van der Waals surface area (Å²) in [7, 11) is 0. The molecule has 4 heteroatoms. The number of hydrogen-bond acceptors (Lipinski definition) is 3. The molecule has 16 heavy (non-hydrogen) atoms. The van der Waals surface area contributed by atoms with Crippen LogP contribution < -0.4 is 10.1 Å². The number of benzene rings is 1. The van der Waals surface area contributed by atoms with Crippen molar-refractivity contribution in [2.45, 2.75) is 26.8 Å². The lowest BCUT2D eigenvalue weighted by Gasteiger charge is -2.09. The molecule has 0 aliphatic heterocycles. The number of rotatable bonds is 3. The largest absolute Gasteiger partial charge is 0.412 e. The summed E-state index contributed by atoms with van der Waals surface area (Å²) in [4.78, 5) is 22.4. The van der Waals surface area contributed by atoms with Crippen LogP contribution in [0, 0.1) is 0 Å². The van der Waals surface area contributed by atoms with Crippen LogP contribution in [0.5, 0.6) is 5.75 Å². The van der Waals surface area contributed by atoms with Crippen molar-refractivity contribution >= 4 is 11.9 Å². The van der Waals surface area contributed by atoms with E-state index in [9.17, 15) is 9.59 Å². The van der Waals surface area contributed by atoms with Crippen molar-refractivity contribution in [3.8, 4) is 5.75 Å². The van der Waals surface area contributed by atoms with E-state index in [1.54, 1.807) is 24.3 Å². The third-order valence-electron chi connectivity index (χ3n) is 1.86. The Bertz CT molecular complexity index is 399. The lowest BCUT2D eigenvalue weighted by Crippen LogP contribution is -2.32. The zero-order valence-electron chi connectivity index (χ0n) is 9.61. The third kappa shape index (κ3) is 3.73. The monoisotopic (exact) mass is 221 g/mol. The van der Waals surface area contributed by atoms with Gasteiger partial charge in [-0.2, -0.15) is 0 Å². The third-order valence-corrected chi connectivity index (χ3v) is 1.86. The van der Waals surface area contributed by atoms with Gasteiger partial charge in [-0.15, -0.1) is 0 Å². The Morgan fingerprint density at radius 1 is 1.31 bits per heavy atom. The Kier molecular flexibility index (Phi) is 4.05. The molecule has 1 rings (SSSR count). The standard InChI is InChI=1S/C12H15NO3/c1-8(2)13-12(15)16-11-6-4-5-10(7-11)9(3)14/h4-8H,1-3H3,(H,13,15). The van der Waals surface area contributed by atoms with Gasteiger partial charge < -0.3 is 10.1 Å². The van der Waals surface area contributed by atoms with Crippen LogP contribution >= 0.6 is 0 Å². The van der Waals surface area contributed by atoms with Crippen molar-refractivity contribution in [1.29, 1.82) is 0 Å². The highest BCUT2D eigenvalue weighted by molar-refractivity contribution is 5.94. The van der Waals surface area contributed by atoms with E-state index in [1.807, 2.05) is 13.8 Å². The fourth-order valence-electron chi connectivity index (χ4n) is 1.15. The Labute approximate surface area is 94.6 Å². The zero-order chi connectivity index (χ0) is 12.1.